The number of rotatable bonds is 12. The molecule has 0 aromatic heterocycles. The van der Waals surface area contributed by atoms with Gasteiger partial charge in [-0.2, -0.15) is 0 Å². The molecule has 0 unspecified atom stereocenters. The summed E-state index contributed by atoms with van der Waals surface area (Å²) in [6.07, 6.45) is 6.75. The number of hydrogen-bond acceptors (Lipinski definition) is 6. The van der Waals surface area contributed by atoms with Crippen molar-refractivity contribution in [2.24, 2.45) is 15.7 Å². The Balaban J connectivity index is 1.30. The minimum atomic E-state index is -0.0186. The number of nitrogens with zero attached hydrogens (tertiary/aromatic N) is 6. The van der Waals surface area contributed by atoms with E-state index in [1.54, 1.807) is 18.0 Å². The lowest BCUT2D eigenvalue weighted by molar-refractivity contribution is -0.132. The van der Waals surface area contributed by atoms with Crippen LogP contribution in [0.1, 0.15) is 56.2 Å². The number of hydrogen-bond donors (Lipinski definition) is 3. The van der Waals surface area contributed by atoms with Crippen LogP contribution in [0.5, 0.6) is 0 Å². The number of carbonyl (C=O) groups excluding carboxylic acids is 2. The van der Waals surface area contributed by atoms with Gasteiger partial charge in [-0.1, -0.05) is 37.3 Å². The molecule has 0 aliphatic carbocycles. The van der Waals surface area contributed by atoms with Crippen LogP contribution in [0.4, 0.5) is 11.4 Å². The first-order chi connectivity index (χ1) is 21.7. The zero-order valence-electron chi connectivity index (χ0n) is 26.8. The summed E-state index contributed by atoms with van der Waals surface area (Å²) < 4.78 is 0. The molecule has 2 amide bonds. The molecule has 0 spiro atoms. The molecule has 45 heavy (non-hydrogen) atoms. The van der Waals surface area contributed by atoms with Gasteiger partial charge >= 0.3 is 0 Å². The van der Waals surface area contributed by atoms with E-state index in [1.165, 1.54) is 11.9 Å². The van der Waals surface area contributed by atoms with Crippen LogP contribution in [-0.2, 0) is 9.59 Å². The molecule has 0 bridgehead atoms. The third-order valence-corrected chi connectivity index (χ3v) is 8.52. The molecule has 11 heteroatoms. The van der Waals surface area contributed by atoms with Crippen molar-refractivity contribution in [3.05, 3.63) is 65.2 Å². The molecule has 11 nitrogen and oxygen atoms in total. The fourth-order valence-electron chi connectivity index (χ4n) is 5.77. The Morgan fingerprint density at radius 2 is 1.76 bits per heavy atom. The highest BCUT2D eigenvalue weighted by molar-refractivity contribution is 6.03. The zero-order valence-corrected chi connectivity index (χ0v) is 26.8. The fourth-order valence-corrected chi connectivity index (χ4v) is 5.77. The maximum absolute atomic E-state index is 13.4. The van der Waals surface area contributed by atoms with Crippen molar-refractivity contribution in [3.8, 4) is 0 Å². The average Bonchev–Trinajstić information content (AvgIpc) is 3.61. The molecular weight excluding hydrogens is 566 g/mol. The van der Waals surface area contributed by atoms with Crippen molar-refractivity contribution in [1.82, 2.24) is 14.7 Å². The summed E-state index contributed by atoms with van der Waals surface area (Å²) in [6.45, 7) is 8.80. The van der Waals surface area contributed by atoms with Crippen LogP contribution in [-0.4, -0.2) is 104 Å². The molecule has 1 fully saturated rings. The molecule has 240 valence electrons. The molecule has 0 atom stereocenters. The van der Waals surface area contributed by atoms with E-state index in [0.717, 1.165) is 49.2 Å². The molecule has 2 aromatic rings. The van der Waals surface area contributed by atoms with Crippen LogP contribution >= 0.6 is 0 Å². The Morgan fingerprint density at radius 3 is 2.38 bits per heavy atom. The van der Waals surface area contributed by atoms with Crippen molar-refractivity contribution in [3.63, 3.8) is 0 Å². The molecule has 0 radical (unpaired) electrons. The second-order valence-corrected chi connectivity index (χ2v) is 11.4. The van der Waals surface area contributed by atoms with Gasteiger partial charge in [0.1, 0.15) is 18.0 Å². The second kappa shape index (κ2) is 16.0. The van der Waals surface area contributed by atoms with E-state index in [4.69, 9.17) is 16.9 Å². The van der Waals surface area contributed by atoms with Gasteiger partial charge in [0, 0.05) is 75.2 Å². The van der Waals surface area contributed by atoms with Gasteiger partial charge < -0.3 is 26.2 Å². The SMILES string of the molecule is CCN(CCC(=O)N(CC)c1ccc(N)c(C(=N)N2CCCC2)c1)CC(=O)N1CC=C(c2ccc(C(N)=NC=NC)cc2)CC1. The lowest BCUT2D eigenvalue weighted by Gasteiger charge is -2.30. The predicted octanol–water partition coefficient (Wildman–Crippen LogP) is 3.43. The minimum Gasteiger partial charge on any atom is -0.398 e. The Labute approximate surface area is 266 Å². The number of amides is 2. The van der Waals surface area contributed by atoms with E-state index in [1.807, 2.05) is 64.9 Å². The highest BCUT2D eigenvalue weighted by atomic mass is 16.2. The number of anilines is 2. The number of nitrogens with one attached hydrogen (secondary N) is 1. The number of nitrogen functional groups attached to an aromatic ring is 1. The van der Waals surface area contributed by atoms with Gasteiger partial charge in [-0.3, -0.25) is 24.9 Å². The van der Waals surface area contributed by atoms with E-state index in [9.17, 15) is 9.59 Å². The number of nitrogens with two attached hydrogens (primary N) is 2. The van der Waals surface area contributed by atoms with Gasteiger partial charge in [0.2, 0.25) is 11.8 Å². The third-order valence-electron chi connectivity index (χ3n) is 8.52. The number of aliphatic imine (C=N–C) groups is 2. The quantitative estimate of drug-likeness (QED) is 0.190. The maximum Gasteiger partial charge on any atom is 0.237 e. The summed E-state index contributed by atoms with van der Waals surface area (Å²) in [6, 6.07) is 13.4. The van der Waals surface area contributed by atoms with Crippen molar-refractivity contribution < 1.29 is 9.59 Å². The smallest absolute Gasteiger partial charge is 0.237 e. The molecule has 0 saturated carbocycles. The van der Waals surface area contributed by atoms with Gasteiger partial charge in [-0.25, -0.2) is 4.99 Å². The third kappa shape index (κ3) is 8.57. The number of amidine groups is 2. The van der Waals surface area contributed by atoms with E-state index in [-0.39, 0.29) is 18.4 Å². The van der Waals surface area contributed by atoms with Gasteiger partial charge in [-0.05, 0) is 62.1 Å². The molecule has 4 rings (SSSR count). The van der Waals surface area contributed by atoms with Gasteiger partial charge in [0.25, 0.3) is 0 Å². The average molecular weight is 614 g/mol. The van der Waals surface area contributed by atoms with Crippen LogP contribution in [0.3, 0.4) is 0 Å². The molecule has 1 saturated heterocycles. The molecule has 2 aromatic carbocycles. The van der Waals surface area contributed by atoms with Crippen molar-refractivity contribution in [2.45, 2.75) is 39.5 Å². The summed E-state index contributed by atoms with van der Waals surface area (Å²) in [7, 11) is 1.65. The second-order valence-electron chi connectivity index (χ2n) is 11.4. The molecular formula is C34H47N9O2. The summed E-state index contributed by atoms with van der Waals surface area (Å²) >= 11 is 0. The first kappa shape index (κ1) is 33.4. The molecule has 5 N–H and O–H groups in total. The Hall–Kier alpha value is -4.51. The number of carbonyl (C=O) groups is 2. The lowest BCUT2D eigenvalue weighted by atomic mass is 9.98. The highest BCUT2D eigenvalue weighted by Crippen LogP contribution is 2.25. The van der Waals surface area contributed by atoms with E-state index in [2.05, 4.69) is 16.1 Å². The topological polar surface area (TPSA) is 148 Å². The van der Waals surface area contributed by atoms with Crippen LogP contribution in [0.2, 0.25) is 0 Å². The summed E-state index contributed by atoms with van der Waals surface area (Å²) in [5.74, 6) is 0.875. The standard InChI is InChI=1S/C34H47N9O2/c1-4-40(19-16-31(44)43(5-2)28-12-13-30(35)29(22-28)34(37)42-17-6-7-18-42)23-32(45)41-20-14-26(15-21-41)25-8-10-27(11-9-25)33(36)39-24-38-3/h8-14,22,24,37H,4-7,15-21,23,35H2,1-3H3,(H2,36,38,39). The van der Waals surface area contributed by atoms with Crippen molar-refractivity contribution in [1.29, 1.82) is 5.41 Å². The zero-order chi connectivity index (χ0) is 32.3. The molecule has 2 aliphatic rings. The maximum atomic E-state index is 13.4. The molecule has 2 heterocycles. The number of likely N-dealkylation sites (N-methyl/N-ethyl adjacent to an activating group) is 1. The van der Waals surface area contributed by atoms with Crippen molar-refractivity contribution >= 4 is 46.8 Å². The number of likely N-dealkylation sites (tertiary alicyclic amines) is 1. The van der Waals surface area contributed by atoms with Crippen molar-refractivity contribution in [2.75, 3.05) is 70.0 Å². The monoisotopic (exact) mass is 613 g/mol. The number of benzene rings is 2. The summed E-state index contributed by atoms with van der Waals surface area (Å²) in [5, 5.41) is 8.66. The molecule has 2 aliphatic heterocycles. The Bertz CT molecular complexity index is 1440. The van der Waals surface area contributed by atoms with Crippen LogP contribution in [0.25, 0.3) is 5.57 Å². The van der Waals surface area contributed by atoms with Gasteiger partial charge in [-0.15, -0.1) is 0 Å². The first-order valence-corrected chi connectivity index (χ1v) is 15.8. The summed E-state index contributed by atoms with van der Waals surface area (Å²) in [4.78, 5) is 42.2. The predicted molar refractivity (Wildman–Crippen MR) is 184 cm³/mol. The lowest BCUT2D eigenvalue weighted by Crippen LogP contribution is -2.43. The van der Waals surface area contributed by atoms with Gasteiger partial charge in [0.15, 0.2) is 0 Å². The van der Waals surface area contributed by atoms with Gasteiger partial charge in [0.05, 0.1) is 6.54 Å². The highest BCUT2D eigenvalue weighted by Gasteiger charge is 2.23. The van der Waals surface area contributed by atoms with E-state index >= 15 is 0 Å². The largest absolute Gasteiger partial charge is 0.398 e. The van der Waals surface area contributed by atoms with E-state index in [0.29, 0.717) is 62.1 Å². The van der Waals surface area contributed by atoms with Crippen LogP contribution in [0.15, 0.2) is 58.5 Å². The Kier molecular flexibility index (Phi) is 11.9. The fraction of sp³-hybridized carbons (Fsp3) is 0.441. The Morgan fingerprint density at radius 1 is 1.02 bits per heavy atom. The van der Waals surface area contributed by atoms with E-state index < -0.39 is 0 Å². The first-order valence-electron chi connectivity index (χ1n) is 15.8. The van der Waals surface area contributed by atoms with Crippen LogP contribution in [0, 0.1) is 5.41 Å². The summed E-state index contributed by atoms with van der Waals surface area (Å²) in [5.41, 5.74) is 17.3. The normalized spacial score (nSPS) is 15.6. The minimum absolute atomic E-state index is 0.0186. The van der Waals surface area contributed by atoms with Crippen LogP contribution < -0.4 is 16.4 Å².